The van der Waals surface area contributed by atoms with Crippen LogP contribution in [0.5, 0.6) is 5.75 Å². The molecule has 0 unspecified atom stereocenters. The lowest BCUT2D eigenvalue weighted by atomic mass is 10.1. The van der Waals surface area contributed by atoms with E-state index in [0.29, 0.717) is 15.8 Å². The smallest absolute Gasteiger partial charge is 0.341 e. The Kier molecular flexibility index (Phi) is 4.01. The van der Waals surface area contributed by atoms with E-state index in [1.165, 1.54) is 24.3 Å². The van der Waals surface area contributed by atoms with Crippen molar-refractivity contribution in [2.24, 2.45) is 0 Å². The van der Waals surface area contributed by atoms with Gasteiger partial charge in [-0.25, -0.2) is 9.59 Å². The SMILES string of the molecule is O=C(O)COc1cc(C(=O)O)cc2cc(Cl)cc(Cl)c12. The van der Waals surface area contributed by atoms with Crippen molar-refractivity contribution in [2.45, 2.75) is 0 Å². The van der Waals surface area contributed by atoms with Crippen molar-refractivity contribution in [1.29, 1.82) is 0 Å². The van der Waals surface area contributed by atoms with Crippen molar-refractivity contribution in [2.75, 3.05) is 6.61 Å². The summed E-state index contributed by atoms with van der Waals surface area (Å²) in [7, 11) is 0. The topological polar surface area (TPSA) is 83.8 Å². The normalized spacial score (nSPS) is 10.5. The summed E-state index contributed by atoms with van der Waals surface area (Å²) >= 11 is 11.9. The zero-order chi connectivity index (χ0) is 14.9. The van der Waals surface area contributed by atoms with Gasteiger partial charge >= 0.3 is 11.9 Å². The highest BCUT2D eigenvalue weighted by Crippen LogP contribution is 2.36. The van der Waals surface area contributed by atoms with Crippen LogP contribution in [-0.4, -0.2) is 28.8 Å². The number of halogens is 2. The number of carboxylic acid groups (broad SMARTS) is 2. The van der Waals surface area contributed by atoms with Crippen molar-refractivity contribution in [1.82, 2.24) is 0 Å². The van der Waals surface area contributed by atoms with Gasteiger partial charge < -0.3 is 14.9 Å². The number of carboxylic acids is 2. The highest BCUT2D eigenvalue weighted by molar-refractivity contribution is 6.39. The van der Waals surface area contributed by atoms with Gasteiger partial charge in [-0.15, -0.1) is 0 Å². The Labute approximate surface area is 123 Å². The lowest BCUT2D eigenvalue weighted by Gasteiger charge is -2.11. The number of hydrogen-bond acceptors (Lipinski definition) is 3. The van der Waals surface area contributed by atoms with Gasteiger partial charge in [-0.05, 0) is 29.7 Å². The average molecular weight is 315 g/mol. The molecule has 104 valence electrons. The molecule has 0 fully saturated rings. The molecule has 0 aliphatic heterocycles. The van der Waals surface area contributed by atoms with E-state index in [1.807, 2.05) is 0 Å². The third kappa shape index (κ3) is 2.95. The summed E-state index contributed by atoms with van der Waals surface area (Å²) in [6.45, 7) is -0.600. The Bertz CT molecular complexity index is 711. The molecule has 0 atom stereocenters. The highest BCUT2D eigenvalue weighted by atomic mass is 35.5. The molecule has 2 aromatic carbocycles. The first kappa shape index (κ1) is 14.4. The maximum absolute atomic E-state index is 11.1. The van der Waals surface area contributed by atoms with Gasteiger partial charge in [0.25, 0.3) is 0 Å². The minimum Gasteiger partial charge on any atom is -0.481 e. The van der Waals surface area contributed by atoms with Crippen LogP contribution in [-0.2, 0) is 4.79 Å². The van der Waals surface area contributed by atoms with Gasteiger partial charge in [-0.3, -0.25) is 0 Å². The van der Waals surface area contributed by atoms with Crippen molar-refractivity contribution in [3.63, 3.8) is 0 Å². The third-order valence-electron chi connectivity index (χ3n) is 2.53. The van der Waals surface area contributed by atoms with Crippen molar-refractivity contribution in [3.05, 3.63) is 39.9 Å². The Hall–Kier alpha value is -1.98. The first-order valence-corrected chi connectivity index (χ1v) is 6.15. The molecular weight excluding hydrogens is 307 g/mol. The Morgan fingerprint density at radius 1 is 1.10 bits per heavy atom. The fraction of sp³-hybridized carbons (Fsp3) is 0.0769. The fourth-order valence-corrected chi connectivity index (χ4v) is 2.37. The Balaban J connectivity index is 2.67. The molecule has 20 heavy (non-hydrogen) atoms. The molecular formula is C13H8Cl2O5. The third-order valence-corrected chi connectivity index (χ3v) is 3.04. The monoisotopic (exact) mass is 314 g/mol. The molecule has 0 saturated heterocycles. The number of aromatic carboxylic acids is 1. The lowest BCUT2D eigenvalue weighted by molar-refractivity contribution is -0.139. The molecule has 0 aliphatic rings. The predicted molar refractivity (Wildman–Crippen MR) is 74.1 cm³/mol. The summed E-state index contributed by atoms with van der Waals surface area (Å²) in [5, 5.41) is 19.2. The molecule has 0 spiro atoms. The zero-order valence-corrected chi connectivity index (χ0v) is 11.4. The van der Waals surface area contributed by atoms with E-state index in [4.69, 9.17) is 38.2 Å². The standard InChI is InChI=1S/C13H8Cl2O5/c14-8-2-6-1-7(13(18)19)3-10(20-5-11(16)17)12(6)9(15)4-8/h1-4H,5H2,(H,16,17)(H,18,19). The fourth-order valence-electron chi connectivity index (χ4n) is 1.77. The van der Waals surface area contributed by atoms with Crippen molar-refractivity contribution in [3.8, 4) is 5.75 Å². The number of fused-ring (bicyclic) bond motifs is 1. The quantitative estimate of drug-likeness (QED) is 0.904. The summed E-state index contributed by atoms with van der Waals surface area (Å²) < 4.78 is 5.10. The van der Waals surface area contributed by atoms with E-state index in [0.717, 1.165) is 0 Å². The maximum Gasteiger partial charge on any atom is 0.341 e. The molecule has 0 heterocycles. The van der Waals surface area contributed by atoms with Gasteiger partial charge in [0.1, 0.15) is 5.75 Å². The van der Waals surface area contributed by atoms with Crippen LogP contribution in [0.25, 0.3) is 10.8 Å². The molecule has 0 radical (unpaired) electrons. The minimum atomic E-state index is -1.18. The molecule has 0 saturated carbocycles. The number of carbonyl (C=O) groups is 2. The van der Waals surface area contributed by atoms with Gasteiger partial charge in [0, 0.05) is 10.4 Å². The van der Waals surface area contributed by atoms with E-state index >= 15 is 0 Å². The van der Waals surface area contributed by atoms with E-state index in [9.17, 15) is 9.59 Å². The van der Waals surface area contributed by atoms with Gasteiger partial charge in [0.05, 0.1) is 10.6 Å². The van der Waals surface area contributed by atoms with Crippen molar-refractivity contribution < 1.29 is 24.5 Å². The van der Waals surface area contributed by atoms with Crippen LogP contribution in [0.15, 0.2) is 24.3 Å². The van der Waals surface area contributed by atoms with E-state index in [2.05, 4.69) is 0 Å². The molecule has 5 nitrogen and oxygen atoms in total. The van der Waals surface area contributed by atoms with E-state index < -0.39 is 18.5 Å². The van der Waals surface area contributed by atoms with Gasteiger partial charge in [0.2, 0.25) is 0 Å². The molecule has 2 rings (SSSR count). The molecule has 7 heteroatoms. The number of ether oxygens (including phenoxy) is 1. The summed E-state index contributed by atoms with van der Waals surface area (Å²) in [6, 6.07) is 5.62. The van der Waals surface area contributed by atoms with Crippen LogP contribution in [0.1, 0.15) is 10.4 Å². The van der Waals surface area contributed by atoms with Crippen LogP contribution in [0.2, 0.25) is 10.0 Å². The molecule has 2 N–H and O–H groups in total. The first-order chi connectivity index (χ1) is 9.38. The zero-order valence-electron chi connectivity index (χ0n) is 9.89. The molecule has 0 aliphatic carbocycles. The van der Waals surface area contributed by atoms with Crippen LogP contribution in [0, 0.1) is 0 Å². The molecule has 0 aromatic heterocycles. The lowest BCUT2D eigenvalue weighted by Crippen LogP contribution is -2.10. The second-order valence-electron chi connectivity index (χ2n) is 3.95. The number of benzene rings is 2. The summed E-state index contributed by atoms with van der Waals surface area (Å²) in [4.78, 5) is 21.6. The summed E-state index contributed by atoms with van der Waals surface area (Å²) in [5.74, 6) is -2.25. The number of aliphatic carboxylic acids is 1. The first-order valence-electron chi connectivity index (χ1n) is 5.39. The molecule has 0 amide bonds. The van der Waals surface area contributed by atoms with Crippen LogP contribution >= 0.6 is 23.2 Å². The van der Waals surface area contributed by atoms with E-state index in [-0.39, 0.29) is 16.3 Å². The van der Waals surface area contributed by atoms with Crippen LogP contribution < -0.4 is 4.74 Å². The molecule has 2 aromatic rings. The molecule has 0 bridgehead atoms. The Morgan fingerprint density at radius 3 is 2.40 bits per heavy atom. The van der Waals surface area contributed by atoms with Crippen molar-refractivity contribution >= 4 is 45.9 Å². The van der Waals surface area contributed by atoms with E-state index in [1.54, 1.807) is 0 Å². The number of hydrogen-bond donors (Lipinski definition) is 2. The largest absolute Gasteiger partial charge is 0.481 e. The maximum atomic E-state index is 11.1. The highest BCUT2D eigenvalue weighted by Gasteiger charge is 2.14. The van der Waals surface area contributed by atoms with Crippen LogP contribution in [0.3, 0.4) is 0 Å². The second kappa shape index (κ2) is 5.56. The second-order valence-corrected chi connectivity index (χ2v) is 4.79. The van der Waals surface area contributed by atoms with Crippen LogP contribution in [0.4, 0.5) is 0 Å². The van der Waals surface area contributed by atoms with Gasteiger partial charge in [0.15, 0.2) is 6.61 Å². The van der Waals surface area contributed by atoms with Gasteiger partial charge in [-0.2, -0.15) is 0 Å². The predicted octanol–water partition coefficient (Wildman–Crippen LogP) is 3.31. The number of rotatable bonds is 4. The minimum absolute atomic E-state index is 0.0452. The average Bonchev–Trinajstić information content (AvgIpc) is 2.34. The van der Waals surface area contributed by atoms with Gasteiger partial charge in [-0.1, -0.05) is 23.2 Å². The summed E-state index contributed by atoms with van der Waals surface area (Å²) in [6.07, 6.45) is 0. The summed E-state index contributed by atoms with van der Waals surface area (Å²) in [5.41, 5.74) is -0.0452. The Morgan fingerprint density at radius 2 is 1.80 bits per heavy atom.